The van der Waals surface area contributed by atoms with Crippen molar-refractivity contribution in [1.82, 2.24) is 0 Å². The Morgan fingerprint density at radius 1 is 1.83 bits per heavy atom. The summed E-state index contributed by atoms with van der Waals surface area (Å²) >= 11 is 0. The predicted molar refractivity (Wildman–Crippen MR) is 42.0 cm³/mol. The van der Waals surface area contributed by atoms with Crippen molar-refractivity contribution in [3.63, 3.8) is 0 Å². The number of furan rings is 1. The van der Waals surface area contributed by atoms with Gasteiger partial charge in [-0.15, -0.1) is 5.06 Å². The summed E-state index contributed by atoms with van der Waals surface area (Å²) in [5, 5.41) is 7.59. The Bertz CT molecular complexity index is 268. The third-order valence-corrected chi connectivity index (χ3v) is 1.21. The van der Waals surface area contributed by atoms with Crippen molar-refractivity contribution >= 4 is 18.0 Å². The van der Waals surface area contributed by atoms with Crippen molar-refractivity contribution in [2.24, 2.45) is 0 Å². The van der Waals surface area contributed by atoms with Crippen molar-refractivity contribution in [3.8, 4) is 0 Å². The first-order valence-electron chi connectivity index (χ1n) is 3.21. The molecule has 1 aromatic rings. The molecular weight excluding hydrogens is 160 g/mol. The SMILES string of the molecule is CON(C(=O)C=N)c1ccco1. The zero-order chi connectivity index (χ0) is 8.97. The summed E-state index contributed by atoms with van der Waals surface area (Å²) < 4.78 is 4.89. The van der Waals surface area contributed by atoms with E-state index < -0.39 is 5.91 Å². The normalized spacial score (nSPS) is 9.42. The molecule has 64 valence electrons. The Morgan fingerprint density at radius 2 is 2.58 bits per heavy atom. The van der Waals surface area contributed by atoms with Crippen LogP contribution >= 0.6 is 0 Å². The van der Waals surface area contributed by atoms with E-state index in [1.165, 1.54) is 13.4 Å². The van der Waals surface area contributed by atoms with Crippen molar-refractivity contribution in [2.75, 3.05) is 12.2 Å². The topological polar surface area (TPSA) is 66.5 Å². The average Bonchev–Trinajstić information content (AvgIpc) is 2.58. The Labute approximate surface area is 69.0 Å². The van der Waals surface area contributed by atoms with Gasteiger partial charge in [-0.3, -0.25) is 9.63 Å². The van der Waals surface area contributed by atoms with Gasteiger partial charge in [0.25, 0.3) is 5.91 Å². The third-order valence-electron chi connectivity index (χ3n) is 1.21. The summed E-state index contributed by atoms with van der Waals surface area (Å²) in [4.78, 5) is 15.6. The van der Waals surface area contributed by atoms with Gasteiger partial charge in [-0.1, -0.05) is 0 Å². The summed E-state index contributed by atoms with van der Waals surface area (Å²) in [6.07, 6.45) is 2.06. The highest BCUT2D eigenvalue weighted by Gasteiger charge is 2.14. The van der Waals surface area contributed by atoms with Gasteiger partial charge in [0.2, 0.25) is 5.88 Å². The highest BCUT2D eigenvalue weighted by Crippen LogP contribution is 2.13. The molecule has 1 amide bonds. The summed E-state index contributed by atoms with van der Waals surface area (Å²) in [5.74, 6) is -0.335. The van der Waals surface area contributed by atoms with Crippen LogP contribution in [0.2, 0.25) is 0 Å². The smallest absolute Gasteiger partial charge is 0.295 e. The molecule has 1 aromatic heterocycles. The summed E-state index contributed by atoms with van der Waals surface area (Å²) in [6.45, 7) is 0. The number of hydrogen-bond donors (Lipinski definition) is 1. The molecule has 1 heterocycles. The van der Waals surface area contributed by atoms with Gasteiger partial charge in [0.05, 0.1) is 19.6 Å². The molecule has 1 rings (SSSR count). The van der Waals surface area contributed by atoms with Crippen LogP contribution in [0.5, 0.6) is 0 Å². The maximum Gasteiger partial charge on any atom is 0.295 e. The molecule has 0 atom stereocenters. The quantitative estimate of drug-likeness (QED) is 0.536. The monoisotopic (exact) mass is 168 g/mol. The van der Waals surface area contributed by atoms with Gasteiger partial charge in [0.1, 0.15) is 0 Å². The molecule has 5 heteroatoms. The average molecular weight is 168 g/mol. The van der Waals surface area contributed by atoms with Crippen LogP contribution in [-0.4, -0.2) is 19.2 Å². The number of hydroxylamine groups is 1. The van der Waals surface area contributed by atoms with Gasteiger partial charge in [0, 0.05) is 6.07 Å². The van der Waals surface area contributed by atoms with E-state index in [2.05, 4.69) is 4.84 Å². The molecule has 0 aliphatic rings. The maximum absolute atomic E-state index is 10.9. The Kier molecular flexibility index (Phi) is 2.60. The van der Waals surface area contributed by atoms with Crippen LogP contribution < -0.4 is 5.06 Å². The van der Waals surface area contributed by atoms with E-state index in [4.69, 9.17) is 9.83 Å². The summed E-state index contributed by atoms with van der Waals surface area (Å²) in [5.41, 5.74) is 0. The first-order valence-corrected chi connectivity index (χ1v) is 3.21. The van der Waals surface area contributed by atoms with E-state index in [0.29, 0.717) is 6.21 Å². The molecular formula is C7H8N2O3. The standard InChI is InChI=1S/C7H8N2O3/c1-11-9(6(10)5-8)7-3-2-4-12-7/h2-5,8H,1H3. The Balaban J connectivity index is 2.83. The second-order valence-corrected chi connectivity index (χ2v) is 1.91. The Morgan fingerprint density at radius 3 is 3.00 bits per heavy atom. The molecule has 0 unspecified atom stereocenters. The molecule has 0 saturated heterocycles. The number of rotatable bonds is 3. The van der Waals surface area contributed by atoms with Gasteiger partial charge >= 0.3 is 0 Å². The van der Waals surface area contributed by atoms with Gasteiger partial charge in [0.15, 0.2) is 0 Å². The number of carbonyl (C=O) groups excluding carboxylic acids is 1. The number of anilines is 1. The van der Waals surface area contributed by atoms with E-state index in [9.17, 15) is 4.79 Å². The molecule has 0 spiro atoms. The second kappa shape index (κ2) is 3.68. The fourth-order valence-corrected chi connectivity index (χ4v) is 0.733. The lowest BCUT2D eigenvalue weighted by atomic mass is 10.5. The molecule has 0 fully saturated rings. The molecule has 0 radical (unpaired) electrons. The lowest BCUT2D eigenvalue weighted by molar-refractivity contribution is -0.118. The maximum atomic E-state index is 10.9. The summed E-state index contributed by atoms with van der Waals surface area (Å²) in [6, 6.07) is 3.18. The molecule has 1 N–H and O–H groups in total. The van der Waals surface area contributed by atoms with Gasteiger partial charge in [-0.25, -0.2) is 0 Å². The van der Waals surface area contributed by atoms with Crippen LogP contribution in [-0.2, 0) is 9.63 Å². The first kappa shape index (κ1) is 8.48. The lowest BCUT2D eigenvalue weighted by Crippen LogP contribution is -2.29. The summed E-state index contributed by atoms with van der Waals surface area (Å²) in [7, 11) is 1.32. The fourth-order valence-electron chi connectivity index (χ4n) is 0.733. The third kappa shape index (κ3) is 1.51. The minimum Gasteiger partial charge on any atom is -0.446 e. The van der Waals surface area contributed by atoms with Crippen LogP contribution in [0.3, 0.4) is 0 Å². The van der Waals surface area contributed by atoms with Crippen molar-refractivity contribution in [3.05, 3.63) is 18.4 Å². The zero-order valence-corrected chi connectivity index (χ0v) is 6.48. The molecule has 0 aliphatic carbocycles. The number of carbonyl (C=O) groups is 1. The van der Waals surface area contributed by atoms with Crippen LogP contribution in [0.4, 0.5) is 5.88 Å². The molecule has 0 aliphatic heterocycles. The van der Waals surface area contributed by atoms with Crippen LogP contribution in [0.1, 0.15) is 0 Å². The first-order chi connectivity index (χ1) is 5.79. The number of nitrogens with one attached hydrogen (secondary N) is 1. The lowest BCUT2D eigenvalue weighted by Gasteiger charge is -2.12. The van der Waals surface area contributed by atoms with Crippen LogP contribution in [0.25, 0.3) is 0 Å². The van der Waals surface area contributed by atoms with Crippen molar-refractivity contribution in [1.29, 1.82) is 5.41 Å². The number of nitrogens with zero attached hydrogens (tertiary/aromatic N) is 1. The minimum absolute atomic E-state index is 0.256. The van der Waals surface area contributed by atoms with Crippen molar-refractivity contribution < 1.29 is 14.0 Å². The van der Waals surface area contributed by atoms with E-state index in [0.717, 1.165) is 5.06 Å². The van der Waals surface area contributed by atoms with E-state index in [1.807, 2.05) is 0 Å². The number of amides is 1. The van der Waals surface area contributed by atoms with Gasteiger partial charge in [-0.05, 0) is 6.07 Å². The Hall–Kier alpha value is -1.62. The minimum atomic E-state index is -0.590. The molecule has 0 aromatic carbocycles. The predicted octanol–water partition coefficient (Wildman–Crippen LogP) is 0.824. The highest BCUT2D eigenvalue weighted by atomic mass is 16.7. The van der Waals surface area contributed by atoms with Crippen molar-refractivity contribution in [2.45, 2.75) is 0 Å². The molecule has 5 nitrogen and oxygen atoms in total. The van der Waals surface area contributed by atoms with E-state index >= 15 is 0 Å². The number of hydrogen-bond acceptors (Lipinski definition) is 4. The molecule has 12 heavy (non-hydrogen) atoms. The second-order valence-electron chi connectivity index (χ2n) is 1.91. The van der Waals surface area contributed by atoms with Crippen LogP contribution in [0, 0.1) is 5.41 Å². The fraction of sp³-hybridized carbons (Fsp3) is 0.143. The molecule has 0 bridgehead atoms. The van der Waals surface area contributed by atoms with E-state index in [1.54, 1.807) is 12.1 Å². The van der Waals surface area contributed by atoms with E-state index in [-0.39, 0.29) is 5.88 Å². The van der Waals surface area contributed by atoms with Crippen LogP contribution in [0.15, 0.2) is 22.8 Å². The van der Waals surface area contributed by atoms with Gasteiger partial charge < -0.3 is 9.83 Å². The zero-order valence-electron chi connectivity index (χ0n) is 6.48. The van der Waals surface area contributed by atoms with Gasteiger partial charge in [-0.2, -0.15) is 0 Å². The highest BCUT2D eigenvalue weighted by molar-refractivity contribution is 6.30. The molecule has 0 saturated carbocycles. The largest absolute Gasteiger partial charge is 0.446 e.